The number of hydrogen-bond acceptors (Lipinski definition) is 3. The summed E-state index contributed by atoms with van der Waals surface area (Å²) in [6, 6.07) is 10.8. The molecule has 1 saturated heterocycles. The van der Waals surface area contributed by atoms with Gasteiger partial charge in [-0.15, -0.1) is 0 Å². The molecule has 1 aliphatic heterocycles. The highest BCUT2D eigenvalue weighted by molar-refractivity contribution is 5.67. The van der Waals surface area contributed by atoms with Crippen LogP contribution in [-0.2, 0) is 11.3 Å². The first-order chi connectivity index (χ1) is 10.7. The van der Waals surface area contributed by atoms with Gasteiger partial charge in [0, 0.05) is 18.6 Å². The lowest BCUT2D eigenvalue weighted by atomic mass is 9.79. The van der Waals surface area contributed by atoms with Gasteiger partial charge < -0.3 is 10.1 Å². The first-order valence-electron chi connectivity index (χ1n) is 8.43. The van der Waals surface area contributed by atoms with Crippen LogP contribution in [0.3, 0.4) is 0 Å². The maximum atomic E-state index is 12.0. The largest absolute Gasteiger partial charge is 0.445 e. The van der Waals surface area contributed by atoms with Crippen LogP contribution in [-0.4, -0.2) is 36.2 Å². The lowest BCUT2D eigenvalue weighted by Crippen LogP contribution is -2.55. The van der Waals surface area contributed by atoms with Gasteiger partial charge in [0.25, 0.3) is 0 Å². The molecular formula is C18H26N2O2. The smallest absolute Gasteiger partial charge is 0.407 e. The van der Waals surface area contributed by atoms with E-state index in [0.717, 1.165) is 36.9 Å². The first kappa shape index (κ1) is 15.3. The number of nitrogens with zero attached hydrogens (tertiary/aromatic N) is 1. The van der Waals surface area contributed by atoms with Crippen LogP contribution in [0.4, 0.5) is 4.79 Å². The van der Waals surface area contributed by atoms with Crippen molar-refractivity contribution in [3.63, 3.8) is 0 Å². The summed E-state index contributed by atoms with van der Waals surface area (Å²) >= 11 is 0. The van der Waals surface area contributed by atoms with Gasteiger partial charge in [-0.1, -0.05) is 37.3 Å². The monoisotopic (exact) mass is 302 g/mol. The van der Waals surface area contributed by atoms with Gasteiger partial charge in [0.05, 0.1) is 0 Å². The molecule has 0 aromatic heterocycles. The van der Waals surface area contributed by atoms with Crippen LogP contribution in [0.2, 0.25) is 0 Å². The number of piperidine rings is 1. The third-order valence-corrected chi connectivity index (χ3v) is 5.03. The van der Waals surface area contributed by atoms with Crippen molar-refractivity contribution in [1.29, 1.82) is 0 Å². The average Bonchev–Trinajstić information content (AvgIpc) is 2.53. The summed E-state index contributed by atoms with van der Waals surface area (Å²) in [5.41, 5.74) is 1.02. The van der Waals surface area contributed by atoms with Gasteiger partial charge in [-0.25, -0.2) is 4.79 Å². The highest BCUT2D eigenvalue weighted by atomic mass is 16.5. The molecule has 0 radical (unpaired) electrons. The molecule has 1 aromatic carbocycles. The minimum atomic E-state index is -0.294. The summed E-state index contributed by atoms with van der Waals surface area (Å²) < 4.78 is 5.32. The van der Waals surface area contributed by atoms with Crippen molar-refractivity contribution in [3.8, 4) is 0 Å². The number of ether oxygens (including phenoxy) is 1. The molecule has 4 heteroatoms. The second kappa shape index (κ2) is 7.14. The van der Waals surface area contributed by atoms with Crippen molar-refractivity contribution in [3.05, 3.63) is 35.9 Å². The predicted octanol–water partition coefficient (Wildman–Crippen LogP) is 3.18. The molecule has 1 aliphatic carbocycles. The fourth-order valence-electron chi connectivity index (χ4n) is 3.55. The molecule has 1 amide bonds. The standard InChI is InChI=1S/C18H26N2O2/c1-14-9-10-17(14)20-11-5-8-16(12-20)19-18(21)22-13-15-6-3-2-4-7-15/h2-4,6-7,14,16-17H,5,8-13H2,1H3,(H,19,21). The van der Waals surface area contributed by atoms with Crippen LogP contribution >= 0.6 is 0 Å². The normalized spacial score (nSPS) is 28.7. The van der Waals surface area contributed by atoms with Gasteiger partial charge in [0.2, 0.25) is 0 Å². The highest BCUT2D eigenvalue weighted by Crippen LogP contribution is 2.33. The fraction of sp³-hybridized carbons (Fsp3) is 0.611. The van der Waals surface area contributed by atoms with Crippen LogP contribution in [0.5, 0.6) is 0 Å². The average molecular weight is 302 g/mol. The number of benzene rings is 1. The molecule has 2 aliphatic rings. The maximum absolute atomic E-state index is 12.0. The molecule has 1 heterocycles. The number of amides is 1. The summed E-state index contributed by atoms with van der Waals surface area (Å²) in [7, 11) is 0. The molecule has 0 spiro atoms. The molecule has 2 fully saturated rings. The lowest BCUT2D eigenvalue weighted by Gasteiger charge is -2.46. The number of carbonyl (C=O) groups excluding carboxylic acids is 1. The van der Waals surface area contributed by atoms with Crippen LogP contribution in [0.25, 0.3) is 0 Å². The van der Waals surface area contributed by atoms with Gasteiger partial charge >= 0.3 is 6.09 Å². The quantitative estimate of drug-likeness (QED) is 0.929. The molecule has 1 aromatic rings. The SMILES string of the molecule is CC1CCC1N1CCCC(NC(=O)OCc2ccccc2)C1. The van der Waals surface area contributed by atoms with Gasteiger partial charge in [0.15, 0.2) is 0 Å². The molecular weight excluding hydrogens is 276 g/mol. The highest BCUT2D eigenvalue weighted by Gasteiger charge is 2.35. The molecule has 120 valence electrons. The minimum Gasteiger partial charge on any atom is -0.445 e. The summed E-state index contributed by atoms with van der Waals surface area (Å²) in [6.45, 7) is 4.81. The Balaban J connectivity index is 1.43. The third kappa shape index (κ3) is 3.80. The molecule has 1 saturated carbocycles. The zero-order chi connectivity index (χ0) is 15.4. The van der Waals surface area contributed by atoms with Crippen LogP contribution in [0, 0.1) is 5.92 Å². The Bertz CT molecular complexity index is 491. The number of rotatable bonds is 4. The number of likely N-dealkylation sites (tertiary alicyclic amines) is 1. The summed E-state index contributed by atoms with van der Waals surface area (Å²) in [6.07, 6.45) is 4.58. The van der Waals surface area contributed by atoms with E-state index in [1.165, 1.54) is 19.4 Å². The lowest BCUT2D eigenvalue weighted by molar-refractivity contribution is 0.0426. The molecule has 3 unspecified atom stereocenters. The predicted molar refractivity (Wildman–Crippen MR) is 86.5 cm³/mol. The summed E-state index contributed by atoms with van der Waals surface area (Å²) in [5.74, 6) is 0.809. The van der Waals surface area contributed by atoms with E-state index in [1.807, 2.05) is 30.3 Å². The number of alkyl carbamates (subject to hydrolysis) is 1. The molecule has 3 rings (SSSR count). The van der Waals surface area contributed by atoms with Gasteiger partial charge in [-0.3, -0.25) is 4.90 Å². The van der Waals surface area contributed by atoms with E-state index in [0.29, 0.717) is 6.61 Å². The zero-order valence-electron chi connectivity index (χ0n) is 13.3. The maximum Gasteiger partial charge on any atom is 0.407 e. The van der Waals surface area contributed by atoms with Gasteiger partial charge in [0.1, 0.15) is 6.61 Å². The van der Waals surface area contributed by atoms with Crippen molar-refractivity contribution in [2.75, 3.05) is 13.1 Å². The van der Waals surface area contributed by atoms with Crippen LogP contribution < -0.4 is 5.32 Å². The van der Waals surface area contributed by atoms with E-state index in [9.17, 15) is 4.79 Å². The van der Waals surface area contributed by atoms with Gasteiger partial charge in [-0.05, 0) is 43.7 Å². The molecule has 3 atom stereocenters. The zero-order valence-corrected chi connectivity index (χ0v) is 13.3. The Morgan fingerprint density at radius 1 is 1.27 bits per heavy atom. The molecule has 22 heavy (non-hydrogen) atoms. The Morgan fingerprint density at radius 2 is 2.09 bits per heavy atom. The third-order valence-electron chi connectivity index (χ3n) is 5.03. The number of hydrogen-bond donors (Lipinski definition) is 1. The fourth-order valence-corrected chi connectivity index (χ4v) is 3.55. The Hall–Kier alpha value is -1.55. The Kier molecular flexibility index (Phi) is 4.98. The Morgan fingerprint density at radius 3 is 2.77 bits per heavy atom. The van der Waals surface area contributed by atoms with Crippen molar-refractivity contribution < 1.29 is 9.53 Å². The van der Waals surface area contributed by atoms with Crippen LogP contribution in [0.1, 0.15) is 38.2 Å². The summed E-state index contributed by atoms with van der Waals surface area (Å²) in [5, 5.41) is 3.03. The van der Waals surface area contributed by atoms with Crippen LogP contribution in [0.15, 0.2) is 30.3 Å². The van der Waals surface area contributed by atoms with Gasteiger partial charge in [-0.2, -0.15) is 0 Å². The van der Waals surface area contributed by atoms with Crippen molar-refractivity contribution in [2.45, 2.75) is 51.3 Å². The molecule has 0 bridgehead atoms. The van der Waals surface area contributed by atoms with E-state index >= 15 is 0 Å². The minimum absolute atomic E-state index is 0.227. The van der Waals surface area contributed by atoms with Crippen molar-refractivity contribution in [1.82, 2.24) is 10.2 Å². The molecule has 1 N–H and O–H groups in total. The second-order valence-electron chi connectivity index (χ2n) is 6.66. The van der Waals surface area contributed by atoms with E-state index in [2.05, 4.69) is 17.1 Å². The van der Waals surface area contributed by atoms with E-state index in [1.54, 1.807) is 0 Å². The first-order valence-corrected chi connectivity index (χ1v) is 8.43. The van der Waals surface area contributed by atoms with Crippen molar-refractivity contribution >= 4 is 6.09 Å². The van der Waals surface area contributed by atoms with E-state index in [-0.39, 0.29) is 12.1 Å². The Labute approximate surface area is 132 Å². The number of nitrogens with one attached hydrogen (secondary N) is 1. The van der Waals surface area contributed by atoms with E-state index < -0.39 is 0 Å². The molecule has 4 nitrogen and oxygen atoms in total. The topological polar surface area (TPSA) is 41.6 Å². The van der Waals surface area contributed by atoms with E-state index in [4.69, 9.17) is 4.74 Å². The second-order valence-corrected chi connectivity index (χ2v) is 6.66. The number of carbonyl (C=O) groups is 1. The van der Waals surface area contributed by atoms with Crippen molar-refractivity contribution in [2.24, 2.45) is 5.92 Å². The summed E-state index contributed by atoms with van der Waals surface area (Å²) in [4.78, 5) is 14.5.